The van der Waals surface area contributed by atoms with E-state index in [9.17, 15) is 8.78 Å². The normalized spacial score (nSPS) is 10.1. The molecule has 1 radical (unpaired) electrons. The van der Waals surface area contributed by atoms with Crippen molar-refractivity contribution in [3.05, 3.63) is 59.2 Å². The van der Waals surface area contributed by atoms with Gasteiger partial charge in [0, 0.05) is 12.1 Å². The molecule has 0 aliphatic heterocycles. The minimum Gasteiger partial charge on any atom is -0.526 e. The maximum Gasteiger partial charge on any atom is 0.658 e. The molecule has 0 aromatic heterocycles. The Morgan fingerprint density at radius 2 is 1.21 bits per heavy atom. The molecule has 2 aromatic carbocycles. The van der Waals surface area contributed by atoms with Crippen LogP contribution in [0.15, 0.2) is 36.4 Å². The number of halogens is 2. The first-order valence-corrected chi connectivity index (χ1v) is 5.73. The highest BCUT2D eigenvalue weighted by atomic mass is 19.1. The van der Waals surface area contributed by atoms with Crippen LogP contribution in [0, 0.1) is 25.5 Å². The van der Waals surface area contributed by atoms with Gasteiger partial charge in [0.05, 0.1) is 0 Å². The predicted molar refractivity (Wildman–Crippen MR) is 69.3 cm³/mol. The predicted octanol–water partition coefficient (Wildman–Crippen LogP) is 3.57. The second kappa shape index (κ2) is 5.74. The summed E-state index contributed by atoms with van der Waals surface area (Å²) in [5.74, 6) is -0.0741. The van der Waals surface area contributed by atoms with E-state index in [4.69, 9.17) is 9.31 Å². The zero-order valence-electron chi connectivity index (χ0n) is 10.6. The van der Waals surface area contributed by atoms with Crippen molar-refractivity contribution in [2.45, 2.75) is 13.8 Å². The van der Waals surface area contributed by atoms with Gasteiger partial charge >= 0.3 is 7.69 Å². The van der Waals surface area contributed by atoms with Crippen molar-refractivity contribution in [1.82, 2.24) is 0 Å². The Morgan fingerprint density at radius 3 is 1.63 bits per heavy atom. The zero-order chi connectivity index (χ0) is 13.8. The molecule has 0 N–H and O–H groups in total. The molecule has 0 saturated heterocycles. The molecular formula is C14H12BF2O2. The van der Waals surface area contributed by atoms with Crippen LogP contribution in [0.5, 0.6) is 11.5 Å². The van der Waals surface area contributed by atoms with Gasteiger partial charge < -0.3 is 9.31 Å². The summed E-state index contributed by atoms with van der Waals surface area (Å²) in [4.78, 5) is 0. The third-order valence-electron chi connectivity index (χ3n) is 2.65. The molecule has 19 heavy (non-hydrogen) atoms. The summed E-state index contributed by atoms with van der Waals surface area (Å²) in [6, 6.07) is 8.42. The Labute approximate surface area is 111 Å². The molecule has 0 heterocycles. The lowest BCUT2D eigenvalue weighted by atomic mass is 10.2. The summed E-state index contributed by atoms with van der Waals surface area (Å²) in [7, 11) is 1.06. The molecule has 0 spiro atoms. The van der Waals surface area contributed by atoms with Crippen LogP contribution < -0.4 is 9.31 Å². The molecule has 0 bridgehead atoms. The largest absolute Gasteiger partial charge is 0.658 e. The first kappa shape index (κ1) is 13.4. The Kier molecular flexibility index (Phi) is 4.05. The van der Waals surface area contributed by atoms with Gasteiger partial charge in [-0.15, -0.1) is 0 Å². The van der Waals surface area contributed by atoms with Gasteiger partial charge in [-0.1, -0.05) is 12.1 Å². The lowest BCUT2D eigenvalue weighted by Crippen LogP contribution is -2.12. The maximum atomic E-state index is 13.0. The van der Waals surface area contributed by atoms with Gasteiger partial charge in [-0.25, -0.2) is 8.78 Å². The van der Waals surface area contributed by atoms with Gasteiger partial charge in [0.25, 0.3) is 0 Å². The fourth-order valence-corrected chi connectivity index (χ4v) is 1.53. The zero-order valence-corrected chi connectivity index (χ0v) is 10.6. The lowest BCUT2D eigenvalue weighted by molar-refractivity contribution is 0.450. The third kappa shape index (κ3) is 3.47. The molecular weight excluding hydrogens is 249 g/mol. The van der Waals surface area contributed by atoms with Crippen LogP contribution in [0.1, 0.15) is 11.1 Å². The molecule has 0 aliphatic carbocycles. The summed E-state index contributed by atoms with van der Waals surface area (Å²) in [6.07, 6.45) is 0. The van der Waals surface area contributed by atoms with Crippen LogP contribution in [-0.2, 0) is 0 Å². The summed E-state index contributed by atoms with van der Waals surface area (Å²) in [5.41, 5.74) is 1.55. The summed E-state index contributed by atoms with van der Waals surface area (Å²) >= 11 is 0. The minimum atomic E-state index is -0.393. The first-order chi connectivity index (χ1) is 9.06. The fourth-order valence-electron chi connectivity index (χ4n) is 1.53. The van der Waals surface area contributed by atoms with E-state index in [2.05, 4.69) is 0 Å². The standard InChI is InChI=1S/C14H12BF2O2/c1-9-3-5-11(16)7-13(9)18-15-19-14-8-12(17)6-4-10(14)2/h3-8H,1-2H3. The molecule has 0 unspecified atom stereocenters. The van der Waals surface area contributed by atoms with Crippen molar-refractivity contribution in [3.8, 4) is 11.5 Å². The van der Waals surface area contributed by atoms with E-state index < -0.39 is 11.6 Å². The Morgan fingerprint density at radius 1 is 0.789 bits per heavy atom. The number of hydrogen-bond donors (Lipinski definition) is 0. The van der Waals surface area contributed by atoms with E-state index in [0.29, 0.717) is 11.5 Å². The SMILES string of the molecule is Cc1ccc(F)cc1O[B]Oc1cc(F)ccc1C. The van der Waals surface area contributed by atoms with Crippen molar-refractivity contribution in [1.29, 1.82) is 0 Å². The van der Waals surface area contributed by atoms with Crippen LogP contribution in [0.3, 0.4) is 0 Å². The Bertz CT molecular complexity index is 536. The summed E-state index contributed by atoms with van der Waals surface area (Å²) in [6.45, 7) is 3.58. The summed E-state index contributed by atoms with van der Waals surface area (Å²) in [5, 5.41) is 0. The fraction of sp³-hybridized carbons (Fsp3) is 0.143. The van der Waals surface area contributed by atoms with Gasteiger partial charge in [0.2, 0.25) is 0 Å². The van der Waals surface area contributed by atoms with E-state index in [1.54, 1.807) is 26.0 Å². The number of rotatable bonds is 4. The smallest absolute Gasteiger partial charge is 0.526 e. The van der Waals surface area contributed by atoms with Crippen molar-refractivity contribution < 1.29 is 18.1 Å². The molecule has 97 valence electrons. The van der Waals surface area contributed by atoms with Gasteiger partial charge in [-0.3, -0.25) is 0 Å². The van der Waals surface area contributed by atoms with Crippen LogP contribution >= 0.6 is 0 Å². The van der Waals surface area contributed by atoms with Crippen LogP contribution in [0.2, 0.25) is 0 Å². The van der Waals surface area contributed by atoms with Gasteiger partial charge in [-0.2, -0.15) is 0 Å². The lowest BCUT2D eigenvalue weighted by Gasteiger charge is -2.10. The summed E-state index contributed by atoms with van der Waals surface area (Å²) < 4.78 is 36.5. The maximum absolute atomic E-state index is 13.0. The molecule has 5 heteroatoms. The topological polar surface area (TPSA) is 18.5 Å². The average Bonchev–Trinajstić information content (AvgIpc) is 2.38. The van der Waals surface area contributed by atoms with E-state index in [0.717, 1.165) is 18.8 Å². The number of benzene rings is 2. The van der Waals surface area contributed by atoms with Crippen molar-refractivity contribution in [3.63, 3.8) is 0 Å². The monoisotopic (exact) mass is 261 g/mol. The molecule has 0 aliphatic rings. The molecule has 2 rings (SSSR count). The van der Waals surface area contributed by atoms with Gasteiger partial charge in [0.15, 0.2) is 0 Å². The molecule has 2 nitrogen and oxygen atoms in total. The van der Waals surface area contributed by atoms with Gasteiger partial charge in [-0.05, 0) is 37.1 Å². The van der Waals surface area contributed by atoms with E-state index in [-0.39, 0.29) is 0 Å². The molecule has 0 fully saturated rings. The quantitative estimate of drug-likeness (QED) is 0.783. The second-order valence-corrected chi connectivity index (χ2v) is 4.15. The van der Waals surface area contributed by atoms with Crippen LogP contribution in [-0.4, -0.2) is 7.69 Å². The molecule has 0 saturated carbocycles. The van der Waals surface area contributed by atoms with Gasteiger partial charge in [0.1, 0.15) is 23.1 Å². The second-order valence-electron chi connectivity index (χ2n) is 4.15. The third-order valence-corrected chi connectivity index (χ3v) is 2.65. The van der Waals surface area contributed by atoms with Crippen LogP contribution in [0.4, 0.5) is 8.78 Å². The highest BCUT2D eigenvalue weighted by molar-refractivity contribution is 6.20. The van der Waals surface area contributed by atoms with E-state index in [1.807, 2.05) is 0 Å². The Balaban J connectivity index is 2.00. The number of aryl methyl sites for hydroxylation is 2. The van der Waals surface area contributed by atoms with E-state index in [1.165, 1.54) is 24.3 Å². The average molecular weight is 261 g/mol. The van der Waals surface area contributed by atoms with Crippen LogP contribution in [0.25, 0.3) is 0 Å². The highest BCUT2D eigenvalue weighted by Gasteiger charge is 2.08. The Hall–Kier alpha value is -2.04. The van der Waals surface area contributed by atoms with Crippen molar-refractivity contribution in [2.24, 2.45) is 0 Å². The highest BCUT2D eigenvalue weighted by Crippen LogP contribution is 2.20. The first-order valence-electron chi connectivity index (χ1n) is 5.73. The minimum absolute atomic E-state index is 0.356. The van der Waals surface area contributed by atoms with Crippen molar-refractivity contribution in [2.75, 3.05) is 0 Å². The molecule has 2 aromatic rings. The van der Waals surface area contributed by atoms with E-state index >= 15 is 0 Å². The molecule has 0 atom stereocenters. The number of hydrogen-bond acceptors (Lipinski definition) is 2. The van der Waals surface area contributed by atoms with Crippen molar-refractivity contribution >= 4 is 7.69 Å². The molecule has 0 amide bonds.